The third-order valence-electron chi connectivity index (χ3n) is 2.59. The Kier molecular flexibility index (Phi) is 4.79. The van der Waals surface area contributed by atoms with Crippen molar-refractivity contribution in [3.8, 4) is 0 Å². The maximum atomic E-state index is 11.8. The number of carbonyl (C=O) groups is 2. The highest BCUT2D eigenvalue weighted by molar-refractivity contribution is 6.34. The Balaban J connectivity index is 2.11. The minimum absolute atomic E-state index is 0.298. The lowest BCUT2D eigenvalue weighted by molar-refractivity contribution is -0.111. The number of carbonyl (C=O) groups excluding carboxylic acids is 2. The van der Waals surface area contributed by atoms with Crippen LogP contribution in [0.15, 0.2) is 47.1 Å². The quantitative estimate of drug-likeness (QED) is 0.694. The Morgan fingerprint density at radius 1 is 1.33 bits per heavy atom. The summed E-state index contributed by atoms with van der Waals surface area (Å²) in [5.41, 5.74) is 0.626. The van der Waals surface area contributed by atoms with Crippen molar-refractivity contribution in [3.63, 3.8) is 0 Å². The number of ether oxygens (including phenoxy) is 1. The van der Waals surface area contributed by atoms with E-state index >= 15 is 0 Å². The molecule has 21 heavy (non-hydrogen) atoms. The number of rotatable bonds is 4. The predicted octanol–water partition coefficient (Wildman–Crippen LogP) is 3.37. The summed E-state index contributed by atoms with van der Waals surface area (Å²) in [5, 5.41) is 2.91. The van der Waals surface area contributed by atoms with Crippen molar-refractivity contribution in [2.45, 2.75) is 0 Å². The fraction of sp³-hybridized carbons (Fsp3) is 0.0667. The highest BCUT2D eigenvalue weighted by atomic mass is 35.5. The van der Waals surface area contributed by atoms with Gasteiger partial charge in [0.1, 0.15) is 5.76 Å². The van der Waals surface area contributed by atoms with Crippen LogP contribution in [0, 0.1) is 0 Å². The normalized spacial score (nSPS) is 10.6. The van der Waals surface area contributed by atoms with Crippen molar-refractivity contribution in [2.75, 3.05) is 12.4 Å². The summed E-state index contributed by atoms with van der Waals surface area (Å²) < 4.78 is 9.68. The first kappa shape index (κ1) is 14.9. The molecule has 0 aliphatic heterocycles. The van der Waals surface area contributed by atoms with Crippen LogP contribution in [-0.2, 0) is 9.53 Å². The van der Waals surface area contributed by atoms with Crippen molar-refractivity contribution in [2.24, 2.45) is 0 Å². The topological polar surface area (TPSA) is 68.5 Å². The van der Waals surface area contributed by atoms with E-state index < -0.39 is 11.9 Å². The molecule has 2 rings (SSSR count). The van der Waals surface area contributed by atoms with E-state index in [9.17, 15) is 9.59 Å². The molecule has 0 saturated heterocycles. The number of furan rings is 1. The van der Waals surface area contributed by atoms with Crippen LogP contribution in [0.2, 0.25) is 5.02 Å². The number of amides is 1. The Hall–Kier alpha value is -2.53. The van der Waals surface area contributed by atoms with Crippen molar-refractivity contribution >= 4 is 35.2 Å². The molecular weight excluding hydrogens is 294 g/mol. The van der Waals surface area contributed by atoms with Crippen molar-refractivity contribution in [3.05, 3.63) is 59.0 Å². The third-order valence-corrected chi connectivity index (χ3v) is 2.92. The molecule has 0 saturated carbocycles. The van der Waals surface area contributed by atoms with Crippen LogP contribution in [-0.4, -0.2) is 19.0 Å². The zero-order valence-corrected chi connectivity index (χ0v) is 11.9. The number of hydrogen-bond donors (Lipinski definition) is 1. The Morgan fingerprint density at radius 2 is 2.14 bits per heavy atom. The number of anilines is 1. The van der Waals surface area contributed by atoms with Gasteiger partial charge in [-0.1, -0.05) is 11.6 Å². The fourth-order valence-electron chi connectivity index (χ4n) is 1.58. The smallest absolute Gasteiger partial charge is 0.337 e. The zero-order valence-electron chi connectivity index (χ0n) is 11.1. The zero-order chi connectivity index (χ0) is 15.2. The van der Waals surface area contributed by atoms with E-state index in [4.69, 9.17) is 16.0 Å². The number of methoxy groups -OCH3 is 1. The van der Waals surface area contributed by atoms with E-state index in [1.54, 1.807) is 12.1 Å². The van der Waals surface area contributed by atoms with Gasteiger partial charge in [0.15, 0.2) is 0 Å². The Morgan fingerprint density at radius 3 is 2.81 bits per heavy atom. The van der Waals surface area contributed by atoms with E-state index in [1.807, 2.05) is 0 Å². The summed E-state index contributed by atoms with van der Waals surface area (Å²) in [4.78, 5) is 23.2. The first-order valence-electron chi connectivity index (χ1n) is 6.00. The van der Waals surface area contributed by atoms with E-state index in [-0.39, 0.29) is 0 Å². The largest absolute Gasteiger partial charge is 0.465 e. The molecule has 0 atom stereocenters. The molecule has 1 aromatic heterocycles. The molecule has 5 nitrogen and oxygen atoms in total. The molecule has 108 valence electrons. The van der Waals surface area contributed by atoms with Crippen molar-refractivity contribution in [1.29, 1.82) is 0 Å². The van der Waals surface area contributed by atoms with Crippen molar-refractivity contribution in [1.82, 2.24) is 0 Å². The molecular formula is C15H12ClNO4. The van der Waals surface area contributed by atoms with Gasteiger partial charge in [0.25, 0.3) is 0 Å². The van der Waals surface area contributed by atoms with Gasteiger partial charge in [-0.3, -0.25) is 4.79 Å². The second kappa shape index (κ2) is 6.76. The number of esters is 1. The van der Waals surface area contributed by atoms with Crippen LogP contribution in [0.4, 0.5) is 5.69 Å². The molecule has 0 radical (unpaired) electrons. The number of benzene rings is 1. The molecule has 1 N–H and O–H groups in total. The molecule has 0 fully saturated rings. The number of halogens is 1. The van der Waals surface area contributed by atoms with E-state index in [0.717, 1.165) is 0 Å². The third kappa shape index (κ3) is 3.97. The SMILES string of the molecule is COC(=O)c1ccc(Cl)c(NC(=O)/C=C/c2ccco2)c1. The molecule has 0 aliphatic carbocycles. The molecule has 1 amide bonds. The predicted molar refractivity (Wildman–Crippen MR) is 79.2 cm³/mol. The van der Waals surface area contributed by atoms with Gasteiger partial charge < -0.3 is 14.5 Å². The van der Waals surface area contributed by atoms with Gasteiger partial charge in [-0.05, 0) is 36.4 Å². The Labute approximate surface area is 126 Å². The summed E-state index contributed by atoms with van der Waals surface area (Å²) >= 11 is 5.98. The van der Waals surface area contributed by atoms with Crippen LogP contribution in [0.5, 0.6) is 0 Å². The van der Waals surface area contributed by atoms with Crippen LogP contribution in [0.25, 0.3) is 6.08 Å². The number of nitrogens with one attached hydrogen (secondary N) is 1. The average Bonchev–Trinajstić information content (AvgIpc) is 3.00. The lowest BCUT2D eigenvalue weighted by Crippen LogP contribution is -2.09. The lowest BCUT2D eigenvalue weighted by Gasteiger charge is -2.07. The van der Waals surface area contributed by atoms with Crippen molar-refractivity contribution < 1.29 is 18.7 Å². The first-order valence-corrected chi connectivity index (χ1v) is 6.38. The van der Waals surface area contributed by atoms with Gasteiger partial charge in [-0.2, -0.15) is 0 Å². The van der Waals surface area contributed by atoms with Gasteiger partial charge in [0, 0.05) is 6.08 Å². The van der Waals surface area contributed by atoms with E-state index in [0.29, 0.717) is 22.0 Å². The molecule has 0 bridgehead atoms. The molecule has 6 heteroatoms. The molecule has 0 aliphatic rings. The highest BCUT2D eigenvalue weighted by Gasteiger charge is 2.10. The van der Waals surface area contributed by atoms with Gasteiger partial charge in [0.2, 0.25) is 5.91 Å². The van der Waals surface area contributed by atoms with Crippen LogP contribution < -0.4 is 5.32 Å². The lowest BCUT2D eigenvalue weighted by atomic mass is 10.2. The average molecular weight is 306 g/mol. The van der Waals surface area contributed by atoms with Crippen LogP contribution in [0.1, 0.15) is 16.1 Å². The second-order valence-electron chi connectivity index (χ2n) is 4.02. The van der Waals surface area contributed by atoms with Gasteiger partial charge in [0.05, 0.1) is 29.6 Å². The fourth-order valence-corrected chi connectivity index (χ4v) is 1.75. The van der Waals surface area contributed by atoms with E-state index in [2.05, 4.69) is 10.1 Å². The summed E-state index contributed by atoms with van der Waals surface area (Å²) in [6.07, 6.45) is 4.33. The van der Waals surface area contributed by atoms with Gasteiger partial charge >= 0.3 is 5.97 Å². The molecule has 1 aromatic carbocycles. The highest BCUT2D eigenvalue weighted by Crippen LogP contribution is 2.23. The minimum atomic E-state index is -0.506. The van der Waals surface area contributed by atoms with Crippen LogP contribution in [0.3, 0.4) is 0 Å². The summed E-state index contributed by atoms with van der Waals surface area (Å²) in [6, 6.07) is 7.91. The first-order chi connectivity index (χ1) is 10.1. The minimum Gasteiger partial charge on any atom is -0.465 e. The maximum Gasteiger partial charge on any atom is 0.337 e. The van der Waals surface area contributed by atoms with Gasteiger partial charge in [-0.25, -0.2) is 4.79 Å². The Bertz CT molecular complexity index is 677. The molecule has 0 spiro atoms. The van der Waals surface area contributed by atoms with Crippen LogP contribution >= 0.6 is 11.6 Å². The number of hydrogen-bond acceptors (Lipinski definition) is 4. The second-order valence-corrected chi connectivity index (χ2v) is 4.43. The van der Waals surface area contributed by atoms with Gasteiger partial charge in [-0.15, -0.1) is 0 Å². The monoisotopic (exact) mass is 305 g/mol. The summed E-state index contributed by atoms with van der Waals surface area (Å²) in [5.74, 6) is -0.344. The summed E-state index contributed by atoms with van der Waals surface area (Å²) in [7, 11) is 1.28. The molecule has 1 heterocycles. The summed E-state index contributed by atoms with van der Waals surface area (Å²) in [6.45, 7) is 0. The molecule has 0 unspecified atom stereocenters. The standard InChI is InChI=1S/C15H12ClNO4/c1-20-15(19)10-4-6-12(16)13(9-10)17-14(18)7-5-11-3-2-8-21-11/h2-9H,1H3,(H,17,18)/b7-5+. The van der Waals surface area contributed by atoms with E-state index in [1.165, 1.54) is 43.7 Å². The maximum absolute atomic E-state index is 11.8. The molecule has 2 aromatic rings.